The summed E-state index contributed by atoms with van der Waals surface area (Å²) in [6, 6.07) is 6.84. The zero-order chi connectivity index (χ0) is 19.9. The molecule has 0 spiro atoms. The number of hydrogen-bond donors (Lipinski definition) is 1. The summed E-state index contributed by atoms with van der Waals surface area (Å²) in [7, 11) is 0. The third kappa shape index (κ3) is 4.70. The topological polar surface area (TPSA) is 71.4 Å². The molecule has 0 saturated carbocycles. The molecule has 1 atom stereocenters. The minimum Gasteiger partial charge on any atom is -0.494 e. The van der Waals surface area contributed by atoms with E-state index in [0.29, 0.717) is 38.5 Å². The van der Waals surface area contributed by atoms with E-state index in [1.54, 1.807) is 17.0 Å². The number of amides is 3. The van der Waals surface area contributed by atoms with Gasteiger partial charge in [0, 0.05) is 0 Å². The predicted octanol–water partition coefficient (Wildman–Crippen LogP) is 0.635. The van der Waals surface area contributed by atoms with E-state index < -0.39 is 0 Å². The van der Waals surface area contributed by atoms with Gasteiger partial charge in [0.25, 0.3) is 5.91 Å². The van der Waals surface area contributed by atoms with Crippen LogP contribution in [0.1, 0.15) is 39.0 Å². The summed E-state index contributed by atoms with van der Waals surface area (Å²) in [5.74, 6) is 0.452. The highest BCUT2D eigenvalue weighted by atomic mass is 16.5. The number of nitrogens with one attached hydrogen (secondary N) is 1. The van der Waals surface area contributed by atoms with Crippen LogP contribution in [0.3, 0.4) is 0 Å². The average molecular weight is 388 g/mol. The molecule has 7 nitrogen and oxygen atoms in total. The monoisotopic (exact) mass is 388 g/mol. The summed E-state index contributed by atoms with van der Waals surface area (Å²) in [6.07, 6.45) is 5.68. The van der Waals surface area contributed by atoms with Gasteiger partial charge >= 0.3 is 0 Å². The molecule has 3 amide bonds. The lowest BCUT2D eigenvalue weighted by molar-refractivity contribution is -0.918. The predicted molar refractivity (Wildman–Crippen MR) is 105 cm³/mol. The maximum atomic E-state index is 12.9. The summed E-state index contributed by atoms with van der Waals surface area (Å²) < 4.78 is 5.74. The van der Waals surface area contributed by atoms with Crippen molar-refractivity contribution in [2.45, 2.75) is 45.1 Å². The second kappa shape index (κ2) is 9.68. The Labute approximate surface area is 166 Å². The molecule has 3 rings (SSSR count). The molecule has 0 radical (unpaired) electrons. The number of carbonyl (C=O) groups is 3. The molecule has 1 N–H and O–H groups in total. The van der Waals surface area contributed by atoms with E-state index in [-0.39, 0.29) is 24.3 Å². The van der Waals surface area contributed by atoms with Gasteiger partial charge in [-0.1, -0.05) is 26.2 Å². The van der Waals surface area contributed by atoms with Crippen LogP contribution in [-0.2, 0) is 14.4 Å². The number of unbranched alkanes of at least 4 members (excludes halogenated alkanes) is 3. The Kier molecular flexibility index (Phi) is 7.03. The van der Waals surface area contributed by atoms with Crippen LogP contribution in [0, 0.1) is 0 Å². The lowest BCUT2D eigenvalue weighted by atomic mass is 10.2. The van der Waals surface area contributed by atoms with Crippen molar-refractivity contribution in [3.8, 4) is 5.75 Å². The third-order valence-electron chi connectivity index (χ3n) is 5.59. The Morgan fingerprint density at radius 2 is 1.82 bits per heavy atom. The molecular weight excluding hydrogens is 358 g/mol. The van der Waals surface area contributed by atoms with Crippen molar-refractivity contribution in [1.29, 1.82) is 0 Å². The SMILES string of the molecule is CCCCCCOc1ccc(N2C(=O)C[C@H]([NH+]3CCN(C=O)CC3)C2=O)cc1. The summed E-state index contributed by atoms with van der Waals surface area (Å²) >= 11 is 0. The van der Waals surface area contributed by atoms with E-state index in [0.717, 1.165) is 29.9 Å². The number of hydrogen-bond acceptors (Lipinski definition) is 4. The highest BCUT2D eigenvalue weighted by Gasteiger charge is 2.46. The Morgan fingerprint density at radius 3 is 2.46 bits per heavy atom. The van der Waals surface area contributed by atoms with Crippen LogP contribution in [0.25, 0.3) is 0 Å². The molecule has 0 aliphatic carbocycles. The van der Waals surface area contributed by atoms with Crippen molar-refractivity contribution >= 4 is 23.9 Å². The van der Waals surface area contributed by atoms with E-state index in [2.05, 4.69) is 6.92 Å². The largest absolute Gasteiger partial charge is 0.494 e. The van der Waals surface area contributed by atoms with Gasteiger partial charge in [-0.2, -0.15) is 0 Å². The van der Waals surface area contributed by atoms with Crippen molar-refractivity contribution in [1.82, 2.24) is 4.90 Å². The molecule has 28 heavy (non-hydrogen) atoms. The number of imide groups is 1. The van der Waals surface area contributed by atoms with Gasteiger partial charge in [0.2, 0.25) is 12.3 Å². The fraction of sp³-hybridized carbons (Fsp3) is 0.571. The van der Waals surface area contributed by atoms with Gasteiger partial charge in [0.15, 0.2) is 6.04 Å². The maximum Gasteiger partial charge on any atom is 0.292 e. The molecule has 2 saturated heterocycles. The number of nitrogens with zero attached hydrogens (tertiary/aromatic N) is 2. The number of rotatable bonds is 9. The number of ether oxygens (including phenoxy) is 1. The van der Waals surface area contributed by atoms with Gasteiger partial charge in [-0.05, 0) is 30.7 Å². The maximum absolute atomic E-state index is 12.9. The van der Waals surface area contributed by atoms with E-state index in [1.807, 2.05) is 12.1 Å². The Morgan fingerprint density at radius 1 is 1.11 bits per heavy atom. The number of carbonyl (C=O) groups excluding carboxylic acids is 3. The smallest absolute Gasteiger partial charge is 0.292 e. The van der Waals surface area contributed by atoms with Crippen molar-refractivity contribution < 1.29 is 24.0 Å². The Bertz CT molecular complexity index is 683. The van der Waals surface area contributed by atoms with Crippen LogP contribution >= 0.6 is 0 Å². The standard InChI is InChI=1S/C21H29N3O4/c1-2-3-4-5-14-28-18-8-6-17(7-9-18)24-20(26)15-19(21(24)27)23-12-10-22(16-25)11-13-23/h6-9,16,19H,2-5,10-15H2,1H3/p+1/t19-/m0/s1. The highest BCUT2D eigenvalue weighted by molar-refractivity contribution is 6.21. The summed E-state index contributed by atoms with van der Waals surface area (Å²) in [5, 5.41) is 0. The van der Waals surface area contributed by atoms with Crippen molar-refractivity contribution in [2.75, 3.05) is 37.7 Å². The van der Waals surface area contributed by atoms with E-state index in [1.165, 1.54) is 17.7 Å². The Balaban J connectivity index is 1.56. The van der Waals surface area contributed by atoms with Crippen molar-refractivity contribution in [3.63, 3.8) is 0 Å². The summed E-state index contributed by atoms with van der Waals surface area (Å²) in [5.41, 5.74) is 0.599. The molecule has 2 aliphatic rings. The first-order valence-electron chi connectivity index (χ1n) is 10.3. The molecule has 2 aliphatic heterocycles. The molecule has 152 valence electrons. The molecule has 1 aromatic rings. The zero-order valence-electron chi connectivity index (χ0n) is 16.6. The van der Waals surface area contributed by atoms with Crippen LogP contribution in [0.2, 0.25) is 0 Å². The second-order valence-corrected chi connectivity index (χ2v) is 7.53. The molecule has 1 aromatic carbocycles. The fourth-order valence-electron chi connectivity index (χ4n) is 3.90. The van der Waals surface area contributed by atoms with Crippen molar-refractivity contribution in [3.05, 3.63) is 24.3 Å². The number of benzene rings is 1. The molecule has 0 aromatic heterocycles. The van der Waals surface area contributed by atoms with E-state index in [4.69, 9.17) is 4.74 Å². The average Bonchev–Trinajstić information content (AvgIpc) is 3.02. The lowest BCUT2D eigenvalue weighted by Gasteiger charge is -2.32. The summed E-state index contributed by atoms with van der Waals surface area (Å²) in [6.45, 7) is 5.50. The van der Waals surface area contributed by atoms with Crippen molar-refractivity contribution in [2.24, 2.45) is 0 Å². The van der Waals surface area contributed by atoms with Gasteiger partial charge in [-0.25, -0.2) is 4.90 Å². The number of anilines is 1. The van der Waals surface area contributed by atoms with Gasteiger partial charge in [0.05, 0.1) is 44.9 Å². The van der Waals surface area contributed by atoms with Gasteiger partial charge in [-0.3, -0.25) is 14.4 Å². The summed E-state index contributed by atoms with van der Waals surface area (Å²) in [4.78, 5) is 40.4. The van der Waals surface area contributed by atoms with E-state index in [9.17, 15) is 14.4 Å². The van der Waals surface area contributed by atoms with Gasteiger partial charge in [0.1, 0.15) is 5.75 Å². The molecular formula is C21H30N3O4+. The zero-order valence-corrected chi connectivity index (χ0v) is 16.6. The number of piperazine rings is 1. The van der Waals surface area contributed by atoms with Crippen LogP contribution in [0.4, 0.5) is 5.69 Å². The quantitative estimate of drug-likeness (QED) is 0.383. The molecule has 0 unspecified atom stereocenters. The first kappa shape index (κ1) is 20.3. The van der Waals surface area contributed by atoms with Gasteiger partial charge in [-0.15, -0.1) is 0 Å². The molecule has 2 heterocycles. The molecule has 0 bridgehead atoms. The molecule has 7 heteroatoms. The fourth-order valence-corrected chi connectivity index (χ4v) is 3.90. The lowest BCUT2D eigenvalue weighted by Crippen LogP contribution is -3.19. The first-order valence-corrected chi connectivity index (χ1v) is 10.3. The van der Waals surface area contributed by atoms with Gasteiger partial charge < -0.3 is 14.5 Å². The minimum absolute atomic E-state index is 0.146. The molecule has 2 fully saturated rings. The minimum atomic E-state index is -0.351. The second-order valence-electron chi connectivity index (χ2n) is 7.53. The Hall–Kier alpha value is -2.41. The number of quaternary nitrogens is 1. The third-order valence-corrected chi connectivity index (χ3v) is 5.59. The first-order chi connectivity index (χ1) is 13.6. The van der Waals surface area contributed by atoms with Crippen LogP contribution in [-0.4, -0.2) is 62.0 Å². The highest BCUT2D eigenvalue weighted by Crippen LogP contribution is 2.24. The van der Waals surface area contributed by atoms with E-state index >= 15 is 0 Å². The van der Waals surface area contributed by atoms with Crippen LogP contribution < -0.4 is 14.5 Å². The van der Waals surface area contributed by atoms with Crippen LogP contribution in [0.15, 0.2) is 24.3 Å². The van der Waals surface area contributed by atoms with Crippen LogP contribution in [0.5, 0.6) is 5.75 Å². The normalized spacial score (nSPS) is 20.7.